The summed E-state index contributed by atoms with van der Waals surface area (Å²) in [4.78, 5) is 13.8. The van der Waals surface area contributed by atoms with Crippen molar-refractivity contribution in [3.8, 4) is 22.6 Å². The average Bonchev–Trinajstić information content (AvgIpc) is 3.27. The zero-order valence-electron chi connectivity index (χ0n) is 18.7. The number of aliphatic hydroxyl groups is 1. The van der Waals surface area contributed by atoms with Crippen molar-refractivity contribution in [1.29, 1.82) is 0 Å². The molecule has 2 N–H and O–H groups in total. The van der Waals surface area contributed by atoms with Gasteiger partial charge < -0.3 is 15.0 Å². The maximum atomic E-state index is 13.6. The minimum absolute atomic E-state index is 0.172. The third-order valence-corrected chi connectivity index (χ3v) is 6.30. The molecule has 2 heterocycles. The third-order valence-electron chi connectivity index (χ3n) is 6.30. The fourth-order valence-electron chi connectivity index (χ4n) is 4.49. The maximum Gasteiger partial charge on any atom is 0.227 e. The van der Waals surface area contributed by atoms with Crippen LogP contribution in [0.25, 0.3) is 22.6 Å². The Hall–Kier alpha value is -3.65. The highest BCUT2D eigenvalue weighted by atomic mass is 19.1. The van der Waals surface area contributed by atoms with Gasteiger partial charge in [0.2, 0.25) is 5.95 Å². The first-order chi connectivity index (χ1) is 16.5. The monoisotopic (exact) mass is 461 g/mol. The molecule has 1 saturated carbocycles. The largest absolute Gasteiger partial charge is 0.393 e. The van der Waals surface area contributed by atoms with Crippen LogP contribution in [-0.2, 0) is 0 Å². The molecule has 2 aromatic carbocycles. The lowest BCUT2D eigenvalue weighted by Gasteiger charge is -2.28. The van der Waals surface area contributed by atoms with Crippen LogP contribution in [0.15, 0.2) is 61.1 Å². The molecule has 1 aliphatic rings. The smallest absolute Gasteiger partial charge is 0.227 e. The quantitative estimate of drug-likeness (QED) is 0.392. The molecule has 8 heteroatoms. The van der Waals surface area contributed by atoms with Crippen molar-refractivity contribution in [3.63, 3.8) is 0 Å². The Bertz CT molecular complexity index is 1300. The van der Waals surface area contributed by atoms with Crippen LogP contribution < -0.4 is 5.32 Å². The molecule has 0 spiro atoms. The van der Waals surface area contributed by atoms with E-state index in [1.807, 2.05) is 13.0 Å². The topological polar surface area (TPSA) is 75.9 Å². The first kappa shape index (κ1) is 22.2. The average molecular weight is 462 g/mol. The van der Waals surface area contributed by atoms with Crippen molar-refractivity contribution < 1.29 is 13.9 Å². The van der Waals surface area contributed by atoms with Crippen LogP contribution in [0.5, 0.6) is 0 Å². The highest BCUT2D eigenvalue weighted by Crippen LogP contribution is 2.37. The minimum atomic E-state index is -0.311. The van der Waals surface area contributed by atoms with E-state index in [-0.39, 0.29) is 23.8 Å². The van der Waals surface area contributed by atoms with E-state index >= 15 is 0 Å². The molecule has 5 rings (SSSR count). The van der Waals surface area contributed by atoms with E-state index in [1.165, 1.54) is 24.3 Å². The Balaban J connectivity index is 1.56. The number of nitrogens with one attached hydrogen (secondary N) is 1. The summed E-state index contributed by atoms with van der Waals surface area (Å²) < 4.78 is 29.2. The van der Waals surface area contributed by atoms with Crippen LogP contribution in [0.1, 0.15) is 37.3 Å². The Morgan fingerprint density at radius 2 is 1.68 bits per heavy atom. The second-order valence-electron chi connectivity index (χ2n) is 8.67. The number of hydrogen-bond acceptors (Lipinski definition) is 5. The summed E-state index contributed by atoms with van der Waals surface area (Å²) in [6.45, 7) is 1.81. The minimum Gasteiger partial charge on any atom is -0.393 e. The molecule has 1 aliphatic carbocycles. The van der Waals surface area contributed by atoms with E-state index in [1.54, 1.807) is 30.7 Å². The van der Waals surface area contributed by atoms with Crippen molar-refractivity contribution >= 4 is 11.6 Å². The second-order valence-corrected chi connectivity index (χ2v) is 8.67. The van der Waals surface area contributed by atoms with Crippen molar-refractivity contribution in [1.82, 2.24) is 19.5 Å². The van der Waals surface area contributed by atoms with Gasteiger partial charge in [-0.05, 0) is 86.7 Å². The molecular formula is C26H25F2N5O. The van der Waals surface area contributed by atoms with Crippen molar-refractivity contribution in [2.45, 2.75) is 44.8 Å². The Morgan fingerprint density at radius 1 is 0.941 bits per heavy atom. The Labute approximate surface area is 196 Å². The van der Waals surface area contributed by atoms with Crippen LogP contribution in [0.3, 0.4) is 0 Å². The summed E-state index contributed by atoms with van der Waals surface area (Å²) in [5, 5.41) is 13.1. The first-order valence-electron chi connectivity index (χ1n) is 11.4. The van der Waals surface area contributed by atoms with E-state index in [4.69, 9.17) is 4.98 Å². The molecule has 0 unspecified atom stereocenters. The van der Waals surface area contributed by atoms with Crippen LogP contribution in [0.2, 0.25) is 0 Å². The molecule has 6 nitrogen and oxygen atoms in total. The lowest BCUT2D eigenvalue weighted by molar-refractivity contribution is 0.111. The van der Waals surface area contributed by atoms with E-state index in [2.05, 4.69) is 19.9 Å². The van der Waals surface area contributed by atoms with E-state index in [9.17, 15) is 13.9 Å². The van der Waals surface area contributed by atoms with Crippen LogP contribution in [0.4, 0.5) is 20.4 Å². The van der Waals surface area contributed by atoms with Gasteiger partial charge >= 0.3 is 0 Å². The van der Waals surface area contributed by atoms with Gasteiger partial charge in [0.25, 0.3) is 0 Å². The van der Waals surface area contributed by atoms with Gasteiger partial charge in [-0.1, -0.05) is 0 Å². The van der Waals surface area contributed by atoms with E-state index < -0.39 is 0 Å². The van der Waals surface area contributed by atoms with Crippen molar-refractivity contribution in [3.05, 3.63) is 78.3 Å². The lowest BCUT2D eigenvalue weighted by Crippen LogP contribution is -2.21. The Morgan fingerprint density at radius 3 is 2.41 bits per heavy atom. The third kappa shape index (κ3) is 4.54. The van der Waals surface area contributed by atoms with Crippen LogP contribution >= 0.6 is 0 Å². The number of aryl methyl sites for hydroxylation is 1. The summed E-state index contributed by atoms with van der Waals surface area (Å²) in [5.74, 6) is -0.235. The lowest BCUT2D eigenvalue weighted by atomic mass is 9.92. The highest BCUT2D eigenvalue weighted by Gasteiger charge is 2.26. The molecule has 2 aromatic heterocycles. The normalized spacial score (nSPS) is 18.1. The molecule has 4 aromatic rings. The van der Waals surface area contributed by atoms with E-state index in [0.29, 0.717) is 23.0 Å². The number of anilines is 2. The Kier molecular flexibility index (Phi) is 6.06. The van der Waals surface area contributed by atoms with Crippen LogP contribution in [-0.4, -0.2) is 30.7 Å². The van der Waals surface area contributed by atoms with E-state index in [0.717, 1.165) is 42.5 Å². The van der Waals surface area contributed by atoms with Gasteiger partial charge in [0, 0.05) is 23.5 Å². The summed E-state index contributed by atoms with van der Waals surface area (Å²) in [5.41, 5.74) is 4.43. The number of imidazole rings is 1. The fourth-order valence-corrected chi connectivity index (χ4v) is 4.49. The summed E-state index contributed by atoms with van der Waals surface area (Å²) in [6, 6.07) is 12.7. The molecule has 174 valence electrons. The molecule has 1 fully saturated rings. The number of aliphatic hydroxyl groups excluding tert-OH is 1. The summed E-state index contributed by atoms with van der Waals surface area (Å²) in [7, 11) is 0. The SMILES string of the molecule is Cc1cc(F)ccc1Nc1nccc(-c2c(-c3ccc(F)cc3)ncn2[C@H]2CC[C@H](O)CC2)n1. The molecule has 0 aliphatic heterocycles. The maximum absolute atomic E-state index is 13.6. The fraction of sp³-hybridized carbons (Fsp3) is 0.269. The van der Waals surface area contributed by atoms with Crippen molar-refractivity contribution in [2.75, 3.05) is 5.32 Å². The second kappa shape index (κ2) is 9.30. The predicted molar refractivity (Wildman–Crippen MR) is 127 cm³/mol. The van der Waals surface area contributed by atoms with Crippen LogP contribution in [0, 0.1) is 18.6 Å². The highest BCUT2D eigenvalue weighted by molar-refractivity contribution is 5.77. The van der Waals surface area contributed by atoms with Gasteiger partial charge in [-0.25, -0.2) is 23.7 Å². The van der Waals surface area contributed by atoms with Gasteiger partial charge in [0.05, 0.1) is 29.5 Å². The number of rotatable bonds is 5. The number of aromatic nitrogens is 4. The standard InChI is InChI=1S/C26H25F2N5O/c1-16-14-19(28)6-11-22(16)31-26-29-13-12-23(32-26)25-24(17-2-4-18(27)5-3-17)30-15-33(25)20-7-9-21(34)10-8-20/h2-6,11-15,20-21,34H,7-10H2,1H3,(H,29,31,32)/t20-,21-. The zero-order valence-corrected chi connectivity index (χ0v) is 18.7. The molecule has 34 heavy (non-hydrogen) atoms. The van der Waals surface area contributed by atoms with Gasteiger partial charge in [-0.15, -0.1) is 0 Å². The molecule has 0 bridgehead atoms. The van der Waals surface area contributed by atoms with Gasteiger partial charge in [-0.3, -0.25) is 0 Å². The van der Waals surface area contributed by atoms with Gasteiger partial charge in [-0.2, -0.15) is 0 Å². The first-order valence-corrected chi connectivity index (χ1v) is 11.4. The summed E-state index contributed by atoms with van der Waals surface area (Å²) in [6.07, 6.45) is 6.32. The zero-order chi connectivity index (χ0) is 23.7. The predicted octanol–water partition coefficient (Wildman–Crippen LogP) is 5.81. The molecule has 0 amide bonds. The molecule has 0 atom stereocenters. The van der Waals surface area contributed by atoms with Gasteiger partial charge in [0.15, 0.2) is 0 Å². The molecule has 0 saturated heterocycles. The van der Waals surface area contributed by atoms with Gasteiger partial charge in [0.1, 0.15) is 11.6 Å². The number of halogens is 2. The summed E-state index contributed by atoms with van der Waals surface area (Å²) >= 11 is 0. The molecular weight excluding hydrogens is 436 g/mol. The van der Waals surface area contributed by atoms with Crippen molar-refractivity contribution in [2.24, 2.45) is 0 Å². The molecule has 0 radical (unpaired) electrons. The number of hydrogen-bond donors (Lipinski definition) is 2. The number of nitrogens with zero attached hydrogens (tertiary/aromatic N) is 4. The number of benzene rings is 2.